The maximum absolute atomic E-state index is 14.1. The number of aliphatic hydroxyl groups excluding tert-OH is 1. The Kier molecular flexibility index (Phi) is 3.28. The van der Waals surface area contributed by atoms with E-state index in [1.807, 2.05) is 13.0 Å². The Morgan fingerprint density at radius 1 is 1.09 bits per heavy atom. The summed E-state index contributed by atoms with van der Waals surface area (Å²) in [6, 6.07) is 0. The molecule has 0 aromatic rings. The molecule has 176 valence electrons. The van der Waals surface area contributed by atoms with Crippen molar-refractivity contribution in [2.24, 2.45) is 39.4 Å². The molecule has 0 aromatic carbocycles. The van der Waals surface area contributed by atoms with E-state index >= 15 is 0 Å². The van der Waals surface area contributed by atoms with E-state index in [0.717, 1.165) is 12.8 Å². The molecule has 0 unspecified atom stereocenters. The number of rotatable bonds is 1. The Labute approximate surface area is 192 Å². The first-order valence-electron chi connectivity index (χ1n) is 12.1. The van der Waals surface area contributed by atoms with Crippen molar-refractivity contribution in [3.05, 3.63) is 23.5 Å². The summed E-state index contributed by atoms with van der Waals surface area (Å²) >= 11 is 0. The van der Waals surface area contributed by atoms with Gasteiger partial charge in [-0.2, -0.15) is 0 Å². The summed E-state index contributed by atoms with van der Waals surface area (Å²) in [6.07, 6.45) is 5.01. The molecular formula is C26H30O7. The van der Waals surface area contributed by atoms with Gasteiger partial charge in [0, 0.05) is 10.8 Å². The third-order valence-electron chi connectivity index (χ3n) is 11.1. The fraction of sp³-hybridized carbons (Fsp3) is 0.731. The molecule has 0 amide bonds. The van der Waals surface area contributed by atoms with Crippen molar-refractivity contribution in [2.75, 3.05) is 0 Å². The summed E-state index contributed by atoms with van der Waals surface area (Å²) in [5.41, 5.74) is -3.17. The van der Waals surface area contributed by atoms with Crippen LogP contribution in [-0.2, 0) is 28.6 Å². The predicted molar refractivity (Wildman–Crippen MR) is 114 cm³/mol. The molecule has 2 saturated carbocycles. The Morgan fingerprint density at radius 3 is 2.48 bits per heavy atom. The van der Waals surface area contributed by atoms with Crippen molar-refractivity contribution in [2.45, 2.75) is 78.0 Å². The highest BCUT2D eigenvalue weighted by Gasteiger charge is 2.88. The molecule has 7 rings (SSSR count). The molecule has 1 N–H and O–H groups in total. The lowest BCUT2D eigenvalue weighted by Gasteiger charge is -2.62. The van der Waals surface area contributed by atoms with E-state index in [1.54, 1.807) is 19.9 Å². The fourth-order valence-electron chi connectivity index (χ4n) is 9.57. The first-order valence-corrected chi connectivity index (χ1v) is 12.1. The fourth-order valence-corrected chi connectivity index (χ4v) is 9.57. The van der Waals surface area contributed by atoms with Crippen LogP contribution in [0.4, 0.5) is 0 Å². The number of fused-ring (bicyclic) bond motifs is 4. The average Bonchev–Trinajstić information content (AvgIpc) is 3.61. The second-order valence-corrected chi connectivity index (χ2v) is 12.5. The van der Waals surface area contributed by atoms with Crippen molar-refractivity contribution in [1.82, 2.24) is 0 Å². The lowest BCUT2D eigenvalue weighted by atomic mass is 9.39. The molecule has 0 bridgehead atoms. The van der Waals surface area contributed by atoms with E-state index < -0.39 is 33.6 Å². The number of aliphatic hydroxyl groups is 1. The van der Waals surface area contributed by atoms with Gasteiger partial charge in [0.1, 0.15) is 11.7 Å². The van der Waals surface area contributed by atoms with Gasteiger partial charge in [-0.25, -0.2) is 0 Å². The average molecular weight is 455 g/mol. The molecule has 3 heterocycles. The van der Waals surface area contributed by atoms with Gasteiger partial charge in [0.25, 0.3) is 0 Å². The van der Waals surface area contributed by atoms with Crippen LogP contribution in [0.3, 0.4) is 0 Å². The molecule has 33 heavy (non-hydrogen) atoms. The molecule has 5 fully saturated rings. The van der Waals surface area contributed by atoms with Gasteiger partial charge >= 0.3 is 5.97 Å². The lowest BCUT2D eigenvalue weighted by molar-refractivity contribution is -0.173. The van der Waals surface area contributed by atoms with Crippen LogP contribution in [0.25, 0.3) is 0 Å². The van der Waals surface area contributed by atoms with Gasteiger partial charge < -0.3 is 19.3 Å². The smallest absolute Gasteiger partial charge is 0.314 e. The Morgan fingerprint density at radius 2 is 1.82 bits per heavy atom. The van der Waals surface area contributed by atoms with Crippen molar-refractivity contribution >= 4 is 17.5 Å². The Bertz CT molecular complexity index is 1130. The second-order valence-electron chi connectivity index (χ2n) is 12.5. The van der Waals surface area contributed by atoms with Crippen LogP contribution in [0, 0.1) is 39.4 Å². The first kappa shape index (κ1) is 20.4. The number of ketones is 2. The van der Waals surface area contributed by atoms with Gasteiger partial charge in [-0.15, -0.1) is 0 Å². The van der Waals surface area contributed by atoms with Crippen LogP contribution in [0.1, 0.15) is 53.9 Å². The van der Waals surface area contributed by atoms with Crippen molar-refractivity contribution in [3.8, 4) is 0 Å². The molecule has 7 heteroatoms. The van der Waals surface area contributed by atoms with Crippen LogP contribution in [0.2, 0.25) is 0 Å². The molecule has 7 nitrogen and oxygen atoms in total. The minimum Gasteiger partial charge on any atom is -0.504 e. The van der Waals surface area contributed by atoms with Gasteiger partial charge in [0.05, 0.1) is 22.9 Å². The molecule has 1 spiro atoms. The molecular weight excluding hydrogens is 424 g/mol. The number of epoxide rings is 2. The summed E-state index contributed by atoms with van der Waals surface area (Å²) in [7, 11) is 0. The largest absolute Gasteiger partial charge is 0.504 e. The van der Waals surface area contributed by atoms with E-state index in [1.165, 1.54) is 0 Å². The molecule has 4 aliphatic carbocycles. The predicted octanol–water partition coefficient (Wildman–Crippen LogP) is 3.03. The quantitative estimate of drug-likeness (QED) is 0.479. The molecule has 0 radical (unpaired) electrons. The number of carbonyl (C=O) groups is 3. The van der Waals surface area contributed by atoms with Crippen LogP contribution >= 0.6 is 0 Å². The van der Waals surface area contributed by atoms with E-state index in [2.05, 4.69) is 13.8 Å². The van der Waals surface area contributed by atoms with Crippen molar-refractivity contribution < 1.29 is 33.7 Å². The zero-order valence-electron chi connectivity index (χ0n) is 19.6. The second kappa shape index (κ2) is 5.30. The van der Waals surface area contributed by atoms with E-state index in [-0.39, 0.29) is 53.3 Å². The van der Waals surface area contributed by atoms with Gasteiger partial charge in [-0.05, 0) is 63.5 Å². The summed E-state index contributed by atoms with van der Waals surface area (Å²) in [6.45, 7) is 9.76. The molecule has 3 aliphatic heterocycles. The van der Waals surface area contributed by atoms with Gasteiger partial charge in [-0.3, -0.25) is 14.4 Å². The number of Topliss-reactive ketones (excluding diaryl/α,β-unsaturated/α-hetero) is 1. The summed E-state index contributed by atoms with van der Waals surface area (Å²) in [5.74, 6) is -1.34. The van der Waals surface area contributed by atoms with E-state index in [9.17, 15) is 19.5 Å². The SMILES string of the molecule is CC1(C)C(=O)C=C[C@@]2(C)C1=C(O)C(=O)[C@]1(C)[C@@H]2CC[C@@]2(C)[C@H]([C@@H]3C(=O)O[C@@H]4O[C@@H]43)C[C@H]3O[C@]321. The number of carbonyl (C=O) groups excluding carboxylic acids is 3. The third kappa shape index (κ3) is 1.84. The third-order valence-corrected chi connectivity index (χ3v) is 11.1. The minimum atomic E-state index is -0.963. The number of allylic oxidation sites excluding steroid dienone is 4. The number of hydrogen-bond donors (Lipinski definition) is 1. The summed E-state index contributed by atoms with van der Waals surface area (Å²) in [5, 5.41) is 11.4. The van der Waals surface area contributed by atoms with Crippen LogP contribution in [0.15, 0.2) is 23.5 Å². The van der Waals surface area contributed by atoms with Gasteiger partial charge in [-0.1, -0.05) is 19.9 Å². The molecule has 10 atom stereocenters. The zero-order chi connectivity index (χ0) is 23.5. The maximum Gasteiger partial charge on any atom is 0.314 e. The topological polar surface area (TPSA) is 106 Å². The Balaban J connectivity index is 1.39. The molecule has 0 aromatic heterocycles. The van der Waals surface area contributed by atoms with Crippen LogP contribution in [0.5, 0.6) is 0 Å². The van der Waals surface area contributed by atoms with Gasteiger partial charge in [0.15, 0.2) is 11.5 Å². The highest BCUT2D eigenvalue weighted by molar-refractivity contribution is 6.06. The van der Waals surface area contributed by atoms with Crippen LogP contribution < -0.4 is 0 Å². The highest BCUT2D eigenvalue weighted by Crippen LogP contribution is 2.81. The van der Waals surface area contributed by atoms with Crippen LogP contribution in [-0.4, -0.2) is 46.7 Å². The number of hydrogen-bond acceptors (Lipinski definition) is 7. The van der Waals surface area contributed by atoms with Crippen molar-refractivity contribution in [1.29, 1.82) is 0 Å². The normalized spacial score (nSPS) is 57.1. The monoisotopic (exact) mass is 454 g/mol. The summed E-state index contributed by atoms with van der Waals surface area (Å²) in [4.78, 5) is 39.5. The standard InChI is InChI=1S/C26H30O7/c1-22(2)13(27)7-8-23(3)12-6-9-24(4)11(15-17-21(31-17)32-20(15)30)10-14-26(24,33-14)25(12,5)19(29)16(28)18(22)23/h7-8,11-12,14-15,17,21,28H,6,9-10H2,1-5H3/t11-,12+,14+,15-,17+,21-,23+,24-,25-,26+/m0/s1. The number of ether oxygens (including phenoxy) is 3. The lowest BCUT2D eigenvalue weighted by Crippen LogP contribution is -2.67. The summed E-state index contributed by atoms with van der Waals surface area (Å²) < 4.78 is 17.4. The maximum atomic E-state index is 14.1. The van der Waals surface area contributed by atoms with E-state index in [0.29, 0.717) is 12.0 Å². The Hall–Kier alpha value is -1.99. The van der Waals surface area contributed by atoms with Crippen molar-refractivity contribution in [3.63, 3.8) is 0 Å². The minimum absolute atomic E-state index is 0.00654. The molecule has 3 saturated heterocycles. The highest BCUT2D eigenvalue weighted by atomic mass is 16.8. The molecule has 7 aliphatic rings. The first-order chi connectivity index (χ1) is 15.4. The zero-order valence-corrected chi connectivity index (χ0v) is 19.6. The van der Waals surface area contributed by atoms with Gasteiger partial charge in [0.2, 0.25) is 12.1 Å². The number of esters is 1. The van der Waals surface area contributed by atoms with E-state index in [4.69, 9.17) is 14.2 Å².